The quantitative estimate of drug-likeness (QED) is 0.587. The zero-order valence-electron chi connectivity index (χ0n) is 5.70. The average Bonchev–Trinajstić information content (AvgIpc) is 1.91. The smallest absolute Gasteiger partial charge is 0.0471 e. The van der Waals surface area contributed by atoms with Crippen LogP contribution in [0.15, 0.2) is 24.5 Å². The minimum Gasteiger partial charge on any atom is -0.396 e. The molecule has 0 aromatic carbocycles. The first-order valence-corrected chi connectivity index (χ1v) is 2.93. The molecule has 1 aromatic heterocycles. The lowest BCUT2D eigenvalue weighted by atomic mass is 10.2. The molecule has 10 heavy (non-hydrogen) atoms. The molecule has 1 rings (SSSR count). The van der Waals surface area contributed by atoms with Crippen molar-refractivity contribution in [2.24, 2.45) is 0 Å². The molecule has 0 atom stereocenters. The van der Waals surface area contributed by atoms with Gasteiger partial charge in [0.1, 0.15) is 0 Å². The van der Waals surface area contributed by atoms with E-state index in [0.29, 0.717) is 0 Å². The van der Waals surface area contributed by atoms with Gasteiger partial charge in [0.2, 0.25) is 0 Å². The van der Waals surface area contributed by atoms with Gasteiger partial charge >= 0.3 is 0 Å². The van der Waals surface area contributed by atoms with Gasteiger partial charge in [0.05, 0.1) is 0 Å². The van der Waals surface area contributed by atoms with E-state index in [0.717, 1.165) is 12.0 Å². The maximum Gasteiger partial charge on any atom is 0.0471 e. The molecule has 1 N–H and O–H groups in total. The molecule has 0 saturated heterocycles. The highest BCUT2D eigenvalue weighted by Crippen LogP contribution is 1.94. The van der Waals surface area contributed by atoms with E-state index < -0.39 is 0 Å². The molecule has 0 saturated carbocycles. The van der Waals surface area contributed by atoms with Crippen molar-refractivity contribution in [1.29, 1.82) is 0 Å². The molecule has 0 unspecified atom stereocenters. The monoisotopic (exact) mass is 134 g/mol. The first-order chi connectivity index (χ1) is 4.43. The summed E-state index contributed by atoms with van der Waals surface area (Å²) in [4.78, 5) is 3.85. The summed E-state index contributed by atoms with van der Waals surface area (Å²) < 4.78 is 0. The fourth-order valence-corrected chi connectivity index (χ4v) is 0.679. The summed E-state index contributed by atoms with van der Waals surface area (Å²) in [7, 11) is 0. The van der Waals surface area contributed by atoms with E-state index in [4.69, 9.17) is 5.11 Å². The van der Waals surface area contributed by atoms with E-state index in [1.807, 2.05) is 12.1 Å². The highest BCUT2D eigenvalue weighted by atomic mass is 16.2. The van der Waals surface area contributed by atoms with E-state index in [1.54, 1.807) is 12.4 Å². The van der Waals surface area contributed by atoms with Crippen molar-refractivity contribution in [3.63, 3.8) is 0 Å². The summed E-state index contributed by atoms with van der Waals surface area (Å²) >= 11 is 0. The Morgan fingerprint density at radius 3 is 2.40 bits per heavy atom. The number of aliphatic hydroxyl groups excluding tert-OH is 1. The lowest BCUT2D eigenvalue weighted by Gasteiger charge is -1.92. The van der Waals surface area contributed by atoms with E-state index >= 15 is 0 Å². The van der Waals surface area contributed by atoms with Crippen LogP contribution in [0, 0.1) is 0 Å². The number of nitrogens with zero attached hydrogens (tertiary/aromatic N) is 1. The van der Waals surface area contributed by atoms with Gasteiger partial charge in [-0.05, 0) is 24.1 Å². The minimum absolute atomic E-state index is 0. The Morgan fingerprint density at radius 2 is 1.90 bits per heavy atom. The van der Waals surface area contributed by atoms with Gasteiger partial charge in [-0.3, -0.25) is 4.98 Å². The molecule has 3 radical (unpaired) electrons. The molecular weight excluding hydrogens is 125 g/mol. The minimum atomic E-state index is 0. The number of hydrogen-bond donors (Lipinski definition) is 1. The molecule has 2 nitrogen and oxygen atoms in total. The maximum atomic E-state index is 8.50. The van der Waals surface area contributed by atoms with Crippen LogP contribution in [0.3, 0.4) is 0 Å². The van der Waals surface area contributed by atoms with Crippen LogP contribution in [0.1, 0.15) is 5.56 Å². The Morgan fingerprint density at radius 1 is 1.30 bits per heavy atom. The number of aromatic nitrogens is 1. The second kappa shape index (κ2) is 5.00. The third-order valence-corrected chi connectivity index (χ3v) is 1.15. The van der Waals surface area contributed by atoms with Gasteiger partial charge in [-0.1, -0.05) is 0 Å². The van der Waals surface area contributed by atoms with Crippen molar-refractivity contribution in [2.45, 2.75) is 6.42 Å². The molecule has 0 bridgehead atoms. The lowest BCUT2D eigenvalue weighted by molar-refractivity contribution is 0.299. The fraction of sp³-hybridized carbons (Fsp3) is 0.286. The van der Waals surface area contributed by atoms with Crippen molar-refractivity contribution in [1.82, 2.24) is 4.98 Å². The maximum absolute atomic E-state index is 8.50. The van der Waals surface area contributed by atoms with Crippen LogP contribution >= 0.6 is 0 Å². The van der Waals surface area contributed by atoms with Crippen molar-refractivity contribution >= 4 is 8.41 Å². The standard InChI is InChI=1S/C7H9NO.B/c9-6-3-7-1-4-8-5-2-7;/h1-2,4-5,9H,3,6H2;. The van der Waals surface area contributed by atoms with E-state index in [9.17, 15) is 0 Å². The third-order valence-electron chi connectivity index (χ3n) is 1.15. The molecule has 3 heteroatoms. The van der Waals surface area contributed by atoms with Crippen molar-refractivity contribution in [3.05, 3.63) is 30.1 Å². The first-order valence-electron chi connectivity index (χ1n) is 2.93. The van der Waals surface area contributed by atoms with Gasteiger partial charge in [0.25, 0.3) is 0 Å². The number of pyridine rings is 1. The summed E-state index contributed by atoms with van der Waals surface area (Å²) in [6, 6.07) is 3.80. The Balaban J connectivity index is 0.000000810. The normalized spacial score (nSPS) is 8.50. The van der Waals surface area contributed by atoms with Crippen LogP contribution in [0.2, 0.25) is 0 Å². The molecular formula is C7H9BNO. The number of hydrogen-bond acceptors (Lipinski definition) is 2. The third kappa shape index (κ3) is 2.64. The molecule has 0 amide bonds. The SMILES string of the molecule is OCCc1ccncc1.[B]. The predicted octanol–water partition coefficient (Wildman–Crippen LogP) is 0.236. The van der Waals surface area contributed by atoms with Crippen molar-refractivity contribution in [2.75, 3.05) is 6.61 Å². The van der Waals surface area contributed by atoms with Gasteiger partial charge in [0.15, 0.2) is 0 Å². The second-order valence-corrected chi connectivity index (χ2v) is 1.83. The van der Waals surface area contributed by atoms with Crippen LogP contribution in [-0.2, 0) is 6.42 Å². The Labute approximate surface area is 62.5 Å². The van der Waals surface area contributed by atoms with Crippen LogP contribution in [0.4, 0.5) is 0 Å². The summed E-state index contributed by atoms with van der Waals surface area (Å²) in [5.74, 6) is 0. The van der Waals surface area contributed by atoms with E-state index in [1.165, 1.54) is 0 Å². The Kier molecular flexibility index (Phi) is 4.59. The molecule has 1 aromatic rings. The molecule has 0 fully saturated rings. The van der Waals surface area contributed by atoms with Crippen LogP contribution in [0.5, 0.6) is 0 Å². The zero-order valence-corrected chi connectivity index (χ0v) is 5.70. The van der Waals surface area contributed by atoms with Gasteiger partial charge in [-0.15, -0.1) is 0 Å². The predicted molar refractivity (Wildman–Crippen MR) is 40.8 cm³/mol. The van der Waals surface area contributed by atoms with E-state index in [2.05, 4.69) is 4.98 Å². The summed E-state index contributed by atoms with van der Waals surface area (Å²) in [5.41, 5.74) is 1.13. The van der Waals surface area contributed by atoms with Crippen LogP contribution in [-0.4, -0.2) is 25.1 Å². The average molecular weight is 134 g/mol. The first kappa shape index (κ1) is 9.17. The summed E-state index contributed by atoms with van der Waals surface area (Å²) in [6.45, 7) is 0.212. The highest BCUT2D eigenvalue weighted by Gasteiger charge is 1.86. The van der Waals surface area contributed by atoms with Gasteiger partial charge < -0.3 is 5.11 Å². The van der Waals surface area contributed by atoms with E-state index in [-0.39, 0.29) is 15.0 Å². The summed E-state index contributed by atoms with van der Waals surface area (Å²) in [5, 5.41) is 8.50. The molecule has 1 heterocycles. The van der Waals surface area contributed by atoms with Crippen LogP contribution < -0.4 is 0 Å². The van der Waals surface area contributed by atoms with Crippen molar-refractivity contribution in [3.8, 4) is 0 Å². The molecule has 0 aliphatic heterocycles. The second-order valence-electron chi connectivity index (χ2n) is 1.83. The van der Waals surface area contributed by atoms with Crippen molar-refractivity contribution < 1.29 is 5.11 Å². The van der Waals surface area contributed by atoms with Gasteiger partial charge in [0, 0.05) is 27.4 Å². The summed E-state index contributed by atoms with van der Waals surface area (Å²) in [6.07, 6.45) is 4.18. The Hall–Kier alpha value is -0.825. The molecule has 51 valence electrons. The highest BCUT2D eigenvalue weighted by molar-refractivity contribution is 5.75. The van der Waals surface area contributed by atoms with Gasteiger partial charge in [-0.2, -0.15) is 0 Å². The van der Waals surface area contributed by atoms with Crippen LogP contribution in [0.25, 0.3) is 0 Å². The Bertz CT molecular complexity index is 167. The number of aliphatic hydroxyl groups is 1. The fourth-order valence-electron chi connectivity index (χ4n) is 0.679. The number of rotatable bonds is 2. The molecule has 0 aliphatic rings. The lowest BCUT2D eigenvalue weighted by Crippen LogP contribution is -1.89. The topological polar surface area (TPSA) is 33.1 Å². The van der Waals surface area contributed by atoms with Gasteiger partial charge in [-0.25, -0.2) is 0 Å². The largest absolute Gasteiger partial charge is 0.396 e. The molecule has 0 aliphatic carbocycles. The zero-order chi connectivity index (χ0) is 6.53. The molecule has 0 spiro atoms.